The molecule has 1 aromatic carbocycles. The largest absolute Gasteiger partial charge is 0.440 e. The Morgan fingerprint density at radius 3 is 2.67 bits per heavy atom. The van der Waals surface area contributed by atoms with Crippen LogP contribution in [0.3, 0.4) is 0 Å². The Kier molecular flexibility index (Phi) is 6.03. The van der Waals surface area contributed by atoms with Gasteiger partial charge in [-0.3, -0.25) is 9.59 Å². The van der Waals surface area contributed by atoms with Crippen molar-refractivity contribution in [1.82, 2.24) is 15.6 Å². The molecule has 6 nitrogen and oxygen atoms in total. The summed E-state index contributed by atoms with van der Waals surface area (Å²) in [6, 6.07) is 12.8. The Hall–Kier alpha value is -2.93. The topological polar surface area (TPSA) is 84.2 Å². The number of nitrogens with zero attached hydrogens (tertiary/aromatic N) is 1. The lowest BCUT2D eigenvalue weighted by Crippen LogP contribution is -2.45. The van der Waals surface area contributed by atoms with Crippen molar-refractivity contribution in [2.24, 2.45) is 0 Å². The quantitative estimate of drug-likeness (QED) is 0.657. The molecule has 2 amide bonds. The van der Waals surface area contributed by atoms with Crippen LogP contribution in [0.2, 0.25) is 0 Å². The second-order valence-electron chi connectivity index (χ2n) is 6.17. The summed E-state index contributed by atoms with van der Waals surface area (Å²) in [6.45, 7) is 3.86. The standard InChI is InChI=1S/C20H21N3O3S/c1-13(19(25)21-12-15-7-4-3-5-8-15)22-18(24)11-16-14(2)26-20(23-16)17-9-6-10-27-17/h3-10,13H,11-12H2,1-2H3,(H,21,25)(H,22,24). The molecule has 0 spiro atoms. The van der Waals surface area contributed by atoms with E-state index in [2.05, 4.69) is 15.6 Å². The molecule has 27 heavy (non-hydrogen) atoms. The number of nitrogens with one attached hydrogen (secondary N) is 2. The third kappa shape index (κ3) is 5.04. The fraction of sp³-hybridized carbons (Fsp3) is 0.250. The fourth-order valence-corrected chi connectivity index (χ4v) is 3.19. The minimum Gasteiger partial charge on any atom is -0.440 e. The van der Waals surface area contributed by atoms with E-state index in [0.717, 1.165) is 10.4 Å². The van der Waals surface area contributed by atoms with Gasteiger partial charge < -0.3 is 15.1 Å². The molecule has 3 aromatic rings. The average molecular weight is 383 g/mol. The van der Waals surface area contributed by atoms with Gasteiger partial charge in [-0.2, -0.15) is 0 Å². The van der Waals surface area contributed by atoms with E-state index in [1.165, 1.54) is 11.3 Å². The predicted octanol–water partition coefficient (Wildman–Crippen LogP) is 3.08. The Balaban J connectivity index is 1.52. The summed E-state index contributed by atoms with van der Waals surface area (Å²) in [6.07, 6.45) is 0.0665. The molecule has 0 saturated heterocycles. The lowest BCUT2D eigenvalue weighted by atomic mass is 10.2. The van der Waals surface area contributed by atoms with Crippen LogP contribution in [0.5, 0.6) is 0 Å². The van der Waals surface area contributed by atoms with Crippen molar-refractivity contribution in [3.63, 3.8) is 0 Å². The highest BCUT2D eigenvalue weighted by Gasteiger charge is 2.19. The smallest absolute Gasteiger partial charge is 0.242 e. The van der Waals surface area contributed by atoms with Gasteiger partial charge in [-0.15, -0.1) is 11.3 Å². The molecule has 0 radical (unpaired) electrons. The summed E-state index contributed by atoms with van der Waals surface area (Å²) in [5.74, 6) is 0.614. The predicted molar refractivity (Wildman–Crippen MR) is 104 cm³/mol. The molecule has 0 bridgehead atoms. The number of hydrogen-bond donors (Lipinski definition) is 2. The van der Waals surface area contributed by atoms with Gasteiger partial charge in [0.05, 0.1) is 17.0 Å². The highest BCUT2D eigenvalue weighted by Crippen LogP contribution is 2.26. The molecule has 3 rings (SSSR count). The van der Waals surface area contributed by atoms with Crippen LogP contribution in [0, 0.1) is 6.92 Å². The molecule has 2 heterocycles. The van der Waals surface area contributed by atoms with Crippen LogP contribution in [-0.4, -0.2) is 22.8 Å². The van der Waals surface area contributed by atoms with E-state index in [9.17, 15) is 9.59 Å². The monoisotopic (exact) mass is 383 g/mol. The van der Waals surface area contributed by atoms with Crippen molar-refractivity contribution < 1.29 is 14.0 Å². The van der Waals surface area contributed by atoms with Gasteiger partial charge in [-0.25, -0.2) is 4.98 Å². The summed E-state index contributed by atoms with van der Waals surface area (Å²) < 4.78 is 5.64. The third-order valence-electron chi connectivity index (χ3n) is 4.03. The van der Waals surface area contributed by atoms with Gasteiger partial charge in [-0.1, -0.05) is 36.4 Å². The summed E-state index contributed by atoms with van der Waals surface area (Å²) in [5, 5.41) is 7.46. The molecule has 0 aliphatic heterocycles. The maximum Gasteiger partial charge on any atom is 0.242 e. The Bertz CT molecular complexity index is 904. The van der Waals surface area contributed by atoms with Crippen LogP contribution in [0.25, 0.3) is 10.8 Å². The fourth-order valence-electron chi connectivity index (χ4n) is 2.55. The molecule has 7 heteroatoms. The number of aromatic nitrogens is 1. The first-order valence-electron chi connectivity index (χ1n) is 8.64. The van der Waals surface area contributed by atoms with Gasteiger partial charge in [0.25, 0.3) is 0 Å². The highest BCUT2D eigenvalue weighted by molar-refractivity contribution is 7.13. The zero-order chi connectivity index (χ0) is 19.2. The number of rotatable bonds is 7. The zero-order valence-corrected chi connectivity index (χ0v) is 16.0. The Morgan fingerprint density at radius 2 is 1.96 bits per heavy atom. The number of aryl methyl sites for hydroxylation is 1. The Morgan fingerprint density at radius 1 is 1.19 bits per heavy atom. The lowest BCUT2D eigenvalue weighted by Gasteiger charge is -2.14. The normalized spacial score (nSPS) is 11.8. The summed E-state index contributed by atoms with van der Waals surface area (Å²) in [4.78, 5) is 29.8. The molecule has 0 saturated carbocycles. The van der Waals surface area contributed by atoms with E-state index in [1.54, 1.807) is 13.8 Å². The third-order valence-corrected chi connectivity index (χ3v) is 4.89. The molecule has 2 N–H and O–H groups in total. The van der Waals surface area contributed by atoms with E-state index in [0.29, 0.717) is 23.9 Å². The van der Waals surface area contributed by atoms with Crippen LogP contribution in [0.15, 0.2) is 52.3 Å². The number of amides is 2. The SMILES string of the molecule is Cc1oc(-c2cccs2)nc1CC(=O)NC(C)C(=O)NCc1ccccc1. The second kappa shape index (κ2) is 8.64. The van der Waals surface area contributed by atoms with Crippen LogP contribution in [-0.2, 0) is 22.6 Å². The van der Waals surface area contributed by atoms with E-state index in [-0.39, 0.29) is 18.2 Å². The number of oxazole rings is 1. The van der Waals surface area contributed by atoms with Crippen molar-refractivity contribution in [2.75, 3.05) is 0 Å². The highest BCUT2D eigenvalue weighted by atomic mass is 32.1. The first kappa shape index (κ1) is 18.8. The number of carbonyl (C=O) groups is 2. The lowest BCUT2D eigenvalue weighted by molar-refractivity contribution is -0.128. The summed E-state index contributed by atoms with van der Waals surface area (Å²) in [5.41, 5.74) is 1.58. The van der Waals surface area contributed by atoms with Gasteiger partial charge in [0.2, 0.25) is 17.7 Å². The van der Waals surface area contributed by atoms with Gasteiger partial charge in [-0.05, 0) is 30.9 Å². The molecule has 1 unspecified atom stereocenters. The van der Waals surface area contributed by atoms with Gasteiger partial charge in [0.15, 0.2) is 0 Å². The van der Waals surface area contributed by atoms with Crippen molar-refractivity contribution in [3.05, 3.63) is 64.9 Å². The molecule has 0 aliphatic carbocycles. The van der Waals surface area contributed by atoms with Crippen molar-refractivity contribution in [2.45, 2.75) is 32.9 Å². The van der Waals surface area contributed by atoms with Crippen molar-refractivity contribution in [3.8, 4) is 10.8 Å². The number of thiophene rings is 1. The first-order chi connectivity index (χ1) is 13.0. The summed E-state index contributed by atoms with van der Waals surface area (Å²) in [7, 11) is 0. The van der Waals surface area contributed by atoms with Gasteiger partial charge >= 0.3 is 0 Å². The maximum atomic E-state index is 12.3. The van der Waals surface area contributed by atoms with E-state index in [4.69, 9.17) is 4.42 Å². The van der Waals surface area contributed by atoms with Crippen molar-refractivity contribution in [1.29, 1.82) is 0 Å². The number of benzene rings is 1. The molecular formula is C20H21N3O3S. The first-order valence-corrected chi connectivity index (χ1v) is 9.52. The van der Waals surface area contributed by atoms with Crippen LogP contribution < -0.4 is 10.6 Å². The molecule has 1 atom stereocenters. The maximum absolute atomic E-state index is 12.3. The van der Waals surface area contributed by atoms with Crippen LogP contribution >= 0.6 is 11.3 Å². The minimum atomic E-state index is -0.634. The number of hydrogen-bond acceptors (Lipinski definition) is 5. The Labute approximate surface area is 161 Å². The van der Waals surface area contributed by atoms with Gasteiger partial charge in [0, 0.05) is 6.54 Å². The van der Waals surface area contributed by atoms with Crippen molar-refractivity contribution >= 4 is 23.2 Å². The van der Waals surface area contributed by atoms with Crippen LogP contribution in [0.4, 0.5) is 0 Å². The molecule has 140 valence electrons. The second-order valence-corrected chi connectivity index (χ2v) is 7.12. The zero-order valence-electron chi connectivity index (χ0n) is 15.2. The van der Waals surface area contributed by atoms with E-state index in [1.807, 2.05) is 47.8 Å². The van der Waals surface area contributed by atoms with Crippen LogP contribution in [0.1, 0.15) is 23.9 Å². The molecule has 0 aliphatic rings. The van der Waals surface area contributed by atoms with Gasteiger partial charge in [0.1, 0.15) is 11.8 Å². The minimum absolute atomic E-state index is 0.0665. The number of carbonyl (C=O) groups excluding carboxylic acids is 2. The van der Waals surface area contributed by atoms with E-state index >= 15 is 0 Å². The average Bonchev–Trinajstić information content (AvgIpc) is 3.31. The molecular weight excluding hydrogens is 362 g/mol. The summed E-state index contributed by atoms with van der Waals surface area (Å²) >= 11 is 1.53. The molecule has 0 fully saturated rings. The molecule has 2 aromatic heterocycles. The van der Waals surface area contributed by atoms with E-state index < -0.39 is 6.04 Å².